The van der Waals surface area contributed by atoms with Gasteiger partial charge in [0.2, 0.25) is 0 Å². The summed E-state index contributed by atoms with van der Waals surface area (Å²) in [4.78, 5) is 59.9. The minimum absolute atomic E-state index is 0.0734. The Bertz CT molecular complexity index is 849. The van der Waals surface area contributed by atoms with Gasteiger partial charge in [0.1, 0.15) is 0 Å². The number of aliphatic carboxylic acids is 5. The molecule has 0 aliphatic rings. The quantitative estimate of drug-likeness (QED) is 0.140. The van der Waals surface area contributed by atoms with E-state index in [9.17, 15) is 39.3 Å². The first-order valence-corrected chi connectivity index (χ1v) is 10.9. The molecule has 14 nitrogen and oxygen atoms in total. The van der Waals surface area contributed by atoms with Crippen molar-refractivity contribution >= 4 is 29.8 Å². The lowest BCUT2D eigenvalue weighted by Crippen LogP contribution is -2.52. The van der Waals surface area contributed by atoms with Crippen molar-refractivity contribution in [1.29, 1.82) is 0 Å². The highest BCUT2D eigenvalue weighted by molar-refractivity contribution is 5.73. The average Bonchev–Trinajstić information content (AvgIpc) is 2.75. The number of nitrogens with zero attached hydrogens (tertiary/aromatic N) is 3. The first-order valence-electron chi connectivity index (χ1n) is 10.9. The van der Waals surface area contributed by atoms with Gasteiger partial charge < -0.3 is 30.3 Å². The molecule has 5 N–H and O–H groups in total. The molecule has 0 spiro atoms. The van der Waals surface area contributed by atoms with Gasteiger partial charge in [-0.2, -0.15) is 0 Å². The molecule has 0 amide bonds. The van der Waals surface area contributed by atoms with Crippen molar-refractivity contribution in [2.45, 2.75) is 12.6 Å². The SMILES string of the molecule is O=C(O)CN(CCN(CC(=O)O)CC(COCc1ccccc1)N(CC(=O)O)CC(=O)O)CC(=O)O. The second-order valence-corrected chi connectivity index (χ2v) is 7.97. The molecule has 14 heteroatoms. The topological polar surface area (TPSA) is 205 Å². The molecular formula is C22H31N3O11. The molecule has 1 aromatic rings. The highest BCUT2D eigenvalue weighted by Crippen LogP contribution is 2.08. The average molecular weight is 514 g/mol. The van der Waals surface area contributed by atoms with E-state index in [0.29, 0.717) is 0 Å². The lowest BCUT2D eigenvalue weighted by molar-refractivity contribution is -0.145. The first-order chi connectivity index (χ1) is 17.0. The summed E-state index contributed by atoms with van der Waals surface area (Å²) in [6, 6.07) is 8.16. The van der Waals surface area contributed by atoms with E-state index in [2.05, 4.69) is 0 Å². The number of hydrogen-bond donors (Lipinski definition) is 5. The highest BCUT2D eigenvalue weighted by atomic mass is 16.5. The van der Waals surface area contributed by atoms with Crippen LogP contribution in [0.4, 0.5) is 0 Å². The Morgan fingerprint density at radius 2 is 1.11 bits per heavy atom. The standard InChI is InChI=1S/C22H31N3O11/c26-18(27)9-23(6-7-24(10-19(28)29)11-20(30)31)8-17(25(12-21(32)33)13-22(34)35)15-36-14-16-4-2-1-3-5-16/h1-5,17H,6-15H2,(H,26,27)(H,28,29)(H,30,31)(H,32,33)(H,34,35). The zero-order chi connectivity index (χ0) is 27.1. The van der Waals surface area contributed by atoms with E-state index < -0.39 is 68.6 Å². The van der Waals surface area contributed by atoms with Crippen LogP contribution >= 0.6 is 0 Å². The summed E-state index contributed by atoms with van der Waals surface area (Å²) in [5, 5.41) is 45.9. The third kappa shape index (κ3) is 14.0. The Hall–Kier alpha value is -3.59. The van der Waals surface area contributed by atoms with Gasteiger partial charge in [0.25, 0.3) is 0 Å². The van der Waals surface area contributed by atoms with Crippen LogP contribution in [0.15, 0.2) is 30.3 Å². The molecule has 0 saturated carbocycles. The summed E-state index contributed by atoms with van der Waals surface area (Å²) in [5.41, 5.74) is 0.819. The van der Waals surface area contributed by atoms with Crippen LogP contribution in [0.1, 0.15) is 5.56 Å². The number of carboxylic acid groups (broad SMARTS) is 5. The maximum atomic E-state index is 11.4. The minimum atomic E-state index is -1.29. The predicted octanol–water partition coefficient (Wildman–Crippen LogP) is -1.10. The normalized spacial score (nSPS) is 12.1. The van der Waals surface area contributed by atoms with Crippen molar-refractivity contribution in [2.24, 2.45) is 0 Å². The molecule has 0 aliphatic heterocycles. The second-order valence-electron chi connectivity index (χ2n) is 7.97. The summed E-state index contributed by atoms with van der Waals surface area (Å²) in [5.74, 6) is -6.33. The number of ether oxygens (including phenoxy) is 1. The van der Waals surface area contributed by atoms with Gasteiger partial charge in [-0.1, -0.05) is 30.3 Å². The molecule has 0 saturated heterocycles. The van der Waals surface area contributed by atoms with Crippen LogP contribution in [0.25, 0.3) is 0 Å². The molecule has 1 atom stereocenters. The Morgan fingerprint density at radius 3 is 1.58 bits per heavy atom. The van der Waals surface area contributed by atoms with Crippen LogP contribution in [-0.4, -0.2) is 135 Å². The predicted molar refractivity (Wildman–Crippen MR) is 123 cm³/mol. The van der Waals surface area contributed by atoms with Gasteiger partial charge in [-0.05, 0) is 5.56 Å². The Labute approximate surface area is 206 Å². The molecule has 0 fully saturated rings. The van der Waals surface area contributed by atoms with E-state index in [1.54, 1.807) is 24.3 Å². The molecule has 200 valence electrons. The number of carbonyl (C=O) groups is 5. The number of benzene rings is 1. The molecule has 36 heavy (non-hydrogen) atoms. The van der Waals surface area contributed by atoms with Crippen molar-refractivity contribution in [1.82, 2.24) is 14.7 Å². The number of carboxylic acids is 5. The van der Waals surface area contributed by atoms with E-state index in [0.717, 1.165) is 15.4 Å². The molecule has 0 heterocycles. The zero-order valence-electron chi connectivity index (χ0n) is 19.6. The molecule has 1 aromatic carbocycles. The number of hydrogen-bond acceptors (Lipinski definition) is 9. The summed E-state index contributed by atoms with van der Waals surface area (Å²) >= 11 is 0. The fourth-order valence-corrected chi connectivity index (χ4v) is 3.43. The summed E-state index contributed by atoms with van der Waals surface area (Å²) in [7, 11) is 0. The third-order valence-corrected chi connectivity index (χ3v) is 4.89. The lowest BCUT2D eigenvalue weighted by atomic mass is 10.2. The monoisotopic (exact) mass is 513 g/mol. The van der Waals surface area contributed by atoms with Gasteiger partial charge >= 0.3 is 29.8 Å². The first kappa shape index (κ1) is 30.4. The van der Waals surface area contributed by atoms with Crippen LogP contribution in [0.3, 0.4) is 0 Å². The van der Waals surface area contributed by atoms with E-state index in [1.165, 1.54) is 4.90 Å². The van der Waals surface area contributed by atoms with Gasteiger partial charge in [-0.15, -0.1) is 0 Å². The molecule has 1 unspecified atom stereocenters. The van der Waals surface area contributed by atoms with E-state index in [1.807, 2.05) is 6.07 Å². The maximum Gasteiger partial charge on any atom is 0.317 e. The Balaban J connectivity index is 3.05. The van der Waals surface area contributed by atoms with Gasteiger partial charge in [0.05, 0.1) is 45.9 Å². The van der Waals surface area contributed by atoms with E-state index in [4.69, 9.17) is 14.9 Å². The second kappa shape index (κ2) is 16.1. The van der Waals surface area contributed by atoms with Gasteiger partial charge in [-0.3, -0.25) is 38.7 Å². The van der Waals surface area contributed by atoms with Gasteiger partial charge in [0.15, 0.2) is 0 Å². The van der Waals surface area contributed by atoms with Gasteiger partial charge in [-0.25, -0.2) is 0 Å². The van der Waals surface area contributed by atoms with E-state index >= 15 is 0 Å². The van der Waals surface area contributed by atoms with Crippen LogP contribution in [-0.2, 0) is 35.3 Å². The lowest BCUT2D eigenvalue weighted by Gasteiger charge is -2.34. The minimum Gasteiger partial charge on any atom is -0.480 e. The van der Waals surface area contributed by atoms with Crippen LogP contribution in [0.5, 0.6) is 0 Å². The Morgan fingerprint density at radius 1 is 0.667 bits per heavy atom. The molecule has 1 rings (SSSR count). The molecular weight excluding hydrogens is 482 g/mol. The zero-order valence-corrected chi connectivity index (χ0v) is 19.6. The van der Waals surface area contributed by atoms with Crippen molar-refractivity contribution in [3.05, 3.63) is 35.9 Å². The van der Waals surface area contributed by atoms with Crippen LogP contribution < -0.4 is 0 Å². The molecule has 0 radical (unpaired) electrons. The number of rotatable bonds is 20. The van der Waals surface area contributed by atoms with Crippen LogP contribution in [0, 0.1) is 0 Å². The van der Waals surface area contributed by atoms with Crippen molar-refractivity contribution in [3.8, 4) is 0 Å². The van der Waals surface area contributed by atoms with Crippen molar-refractivity contribution < 1.29 is 54.2 Å². The Kier molecular flexibility index (Phi) is 13.7. The van der Waals surface area contributed by atoms with Gasteiger partial charge in [0, 0.05) is 25.7 Å². The summed E-state index contributed by atoms with van der Waals surface area (Å²) < 4.78 is 5.70. The maximum absolute atomic E-state index is 11.4. The van der Waals surface area contributed by atoms with Crippen molar-refractivity contribution in [2.75, 3.05) is 59.0 Å². The summed E-state index contributed by atoms with van der Waals surface area (Å²) in [6.45, 7) is -3.27. The fourth-order valence-electron chi connectivity index (χ4n) is 3.43. The molecule has 0 bridgehead atoms. The fraction of sp³-hybridized carbons (Fsp3) is 0.500. The van der Waals surface area contributed by atoms with E-state index in [-0.39, 0.29) is 32.8 Å². The largest absolute Gasteiger partial charge is 0.480 e. The summed E-state index contributed by atoms with van der Waals surface area (Å²) in [6.07, 6.45) is 0. The smallest absolute Gasteiger partial charge is 0.317 e. The third-order valence-electron chi connectivity index (χ3n) is 4.89. The van der Waals surface area contributed by atoms with Crippen molar-refractivity contribution in [3.63, 3.8) is 0 Å². The highest BCUT2D eigenvalue weighted by Gasteiger charge is 2.27. The molecule has 0 aromatic heterocycles. The van der Waals surface area contributed by atoms with Crippen LogP contribution in [0.2, 0.25) is 0 Å². The molecule has 0 aliphatic carbocycles.